The smallest absolute Gasteiger partial charge is 0.385 e. The normalized spacial score (nSPS) is 9.20. The highest BCUT2D eigenvalue weighted by molar-refractivity contribution is 5.94. The van der Waals surface area contributed by atoms with E-state index in [9.17, 15) is 4.79 Å². The summed E-state index contributed by atoms with van der Waals surface area (Å²) in [6.07, 6.45) is 5.01. The molecule has 0 heterocycles. The molecule has 0 bridgehead atoms. The van der Waals surface area contributed by atoms with Crippen molar-refractivity contribution in [1.29, 1.82) is 0 Å². The van der Waals surface area contributed by atoms with E-state index < -0.39 is 5.97 Å². The van der Waals surface area contributed by atoms with E-state index in [0.717, 1.165) is 10.8 Å². The number of hydrogen-bond donors (Lipinski definition) is 0. The second-order valence-electron chi connectivity index (χ2n) is 3.89. The number of methoxy groups -OCH3 is 1. The van der Waals surface area contributed by atoms with Crippen molar-refractivity contribution in [3.8, 4) is 29.9 Å². The number of rotatable bonds is 2. The lowest BCUT2D eigenvalue weighted by atomic mass is 10.0. The molecule has 3 nitrogen and oxygen atoms in total. The highest BCUT2D eigenvalue weighted by Crippen LogP contribution is 2.26. The van der Waals surface area contributed by atoms with Gasteiger partial charge < -0.3 is 9.47 Å². The predicted molar refractivity (Wildman–Crippen MR) is 77.2 cm³/mol. The van der Waals surface area contributed by atoms with Gasteiger partial charge in [-0.2, -0.15) is 0 Å². The Kier molecular flexibility index (Phi) is 4.27. The maximum Gasteiger partial charge on any atom is 0.385 e. The minimum absolute atomic E-state index is 0.0831. The summed E-state index contributed by atoms with van der Waals surface area (Å²) >= 11 is 0. The van der Waals surface area contributed by atoms with Crippen molar-refractivity contribution in [2.24, 2.45) is 0 Å². The van der Waals surface area contributed by atoms with E-state index in [4.69, 9.17) is 15.9 Å². The largest absolute Gasteiger partial charge is 0.495 e. The van der Waals surface area contributed by atoms with Crippen molar-refractivity contribution in [2.45, 2.75) is 0 Å². The molecule has 0 unspecified atom stereocenters. The lowest BCUT2D eigenvalue weighted by molar-refractivity contribution is -0.135. The first-order valence-electron chi connectivity index (χ1n) is 5.94. The number of carbonyl (C=O) groups excluding carboxylic acids is 1. The van der Waals surface area contributed by atoms with Crippen LogP contribution < -0.4 is 4.74 Å². The van der Waals surface area contributed by atoms with Crippen LogP contribution >= 0.6 is 0 Å². The van der Waals surface area contributed by atoms with Crippen molar-refractivity contribution in [3.63, 3.8) is 0 Å². The third-order valence-electron chi connectivity index (χ3n) is 2.69. The molecule has 0 aliphatic heterocycles. The maximum absolute atomic E-state index is 11.4. The van der Waals surface area contributed by atoms with E-state index in [-0.39, 0.29) is 6.61 Å². The summed E-state index contributed by atoms with van der Waals surface area (Å²) in [4.78, 5) is 11.4. The summed E-state index contributed by atoms with van der Waals surface area (Å²) in [6, 6.07) is 11.5. The van der Waals surface area contributed by atoms with Gasteiger partial charge in [0, 0.05) is 11.3 Å². The summed E-state index contributed by atoms with van der Waals surface area (Å²) in [6.45, 7) is -0.0831. The zero-order valence-corrected chi connectivity index (χ0v) is 11.0. The molecule has 0 amide bonds. The zero-order chi connectivity index (χ0) is 14.4. The number of esters is 1. The summed E-state index contributed by atoms with van der Waals surface area (Å²) < 4.78 is 9.99. The van der Waals surface area contributed by atoms with E-state index in [1.165, 1.54) is 0 Å². The molecule has 0 saturated heterocycles. The highest BCUT2D eigenvalue weighted by atomic mass is 16.5. The molecule has 2 aromatic carbocycles. The molecule has 0 aliphatic carbocycles. The Labute approximate surface area is 117 Å². The Morgan fingerprint density at radius 2 is 2.05 bits per heavy atom. The van der Waals surface area contributed by atoms with Gasteiger partial charge in [-0.3, -0.25) is 0 Å². The van der Waals surface area contributed by atoms with E-state index in [1.807, 2.05) is 36.4 Å². The molecule has 0 spiro atoms. The third-order valence-corrected chi connectivity index (χ3v) is 2.69. The molecule has 0 N–H and O–H groups in total. The van der Waals surface area contributed by atoms with Crippen molar-refractivity contribution in [1.82, 2.24) is 0 Å². The van der Waals surface area contributed by atoms with Crippen molar-refractivity contribution < 1.29 is 14.3 Å². The van der Waals surface area contributed by atoms with Crippen LogP contribution in [0.25, 0.3) is 10.8 Å². The minimum Gasteiger partial charge on any atom is -0.495 e. The number of benzene rings is 2. The van der Waals surface area contributed by atoms with Crippen LogP contribution in [0.15, 0.2) is 36.4 Å². The summed E-state index contributed by atoms with van der Waals surface area (Å²) in [5.74, 6) is 7.38. The lowest BCUT2D eigenvalue weighted by Crippen LogP contribution is -2.01. The topological polar surface area (TPSA) is 35.5 Å². The molecule has 2 aromatic rings. The van der Waals surface area contributed by atoms with Gasteiger partial charge in [-0.1, -0.05) is 42.2 Å². The SMILES string of the molecule is C#CCOC(=O)C#Cc1c(OC)ccc2ccccc12. The standard InChI is InChI=1S/C17H12O3/c1-3-12-20-17(18)11-9-15-14-7-5-4-6-13(14)8-10-16(15)19-2/h1,4-8,10H,12H2,2H3. The van der Waals surface area contributed by atoms with Gasteiger partial charge in [0.2, 0.25) is 0 Å². The van der Waals surface area contributed by atoms with Gasteiger partial charge in [-0.15, -0.1) is 6.42 Å². The first-order chi connectivity index (χ1) is 9.76. The molecule has 0 saturated carbocycles. The summed E-state index contributed by atoms with van der Waals surface area (Å²) in [5, 5.41) is 1.94. The van der Waals surface area contributed by atoms with Crippen LogP contribution in [0.3, 0.4) is 0 Å². The van der Waals surface area contributed by atoms with Crippen LogP contribution in [0, 0.1) is 24.2 Å². The number of terminal acetylenes is 1. The summed E-state index contributed by atoms with van der Waals surface area (Å²) in [5.41, 5.74) is 0.656. The molecular formula is C17H12O3. The van der Waals surface area contributed by atoms with Crippen molar-refractivity contribution in [2.75, 3.05) is 13.7 Å². The van der Waals surface area contributed by atoms with Crippen molar-refractivity contribution in [3.05, 3.63) is 42.0 Å². The number of carbonyl (C=O) groups is 1. The Morgan fingerprint density at radius 3 is 2.80 bits per heavy atom. The highest BCUT2D eigenvalue weighted by Gasteiger charge is 2.06. The molecule has 0 fully saturated rings. The van der Waals surface area contributed by atoms with Crippen LogP contribution in [0.5, 0.6) is 5.75 Å². The fourth-order valence-electron chi connectivity index (χ4n) is 1.81. The van der Waals surface area contributed by atoms with Gasteiger partial charge >= 0.3 is 5.97 Å². The second kappa shape index (κ2) is 6.31. The van der Waals surface area contributed by atoms with Crippen LogP contribution in [-0.2, 0) is 9.53 Å². The summed E-state index contributed by atoms with van der Waals surface area (Å²) in [7, 11) is 1.56. The Morgan fingerprint density at radius 1 is 1.25 bits per heavy atom. The van der Waals surface area contributed by atoms with Gasteiger partial charge in [-0.05, 0) is 11.5 Å². The predicted octanol–water partition coefficient (Wildman–Crippen LogP) is 2.38. The van der Waals surface area contributed by atoms with E-state index in [2.05, 4.69) is 17.8 Å². The third kappa shape index (κ3) is 2.91. The first kappa shape index (κ1) is 13.5. The quantitative estimate of drug-likeness (QED) is 0.617. The van der Waals surface area contributed by atoms with Crippen LogP contribution in [0.4, 0.5) is 0 Å². The monoisotopic (exact) mass is 264 g/mol. The van der Waals surface area contributed by atoms with Gasteiger partial charge in [0.1, 0.15) is 5.75 Å². The Balaban J connectivity index is 2.45. The molecule has 98 valence electrons. The molecule has 0 aromatic heterocycles. The molecule has 3 heteroatoms. The molecule has 0 atom stereocenters. The molecule has 20 heavy (non-hydrogen) atoms. The Bertz CT molecular complexity index is 742. The fraction of sp³-hybridized carbons (Fsp3) is 0.118. The van der Waals surface area contributed by atoms with Crippen LogP contribution in [-0.4, -0.2) is 19.7 Å². The number of fused-ring (bicyclic) bond motifs is 1. The fourth-order valence-corrected chi connectivity index (χ4v) is 1.81. The molecule has 0 radical (unpaired) electrons. The number of ether oxygens (including phenoxy) is 2. The van der Waals surface area contributed by atoms with Gasteiger partial charge in [-0.25, -0.2) is 4.79 Å². The first-order valence-corrected chi connectivity index (χ1v) is 5.94. The molecular weight excluding hydrogens is 252 g/mol. The van der Waals surface area contributed by atoms with Gasteiger partial charge in [0.15, 0.2) is 6.61 Å². The maximum atomic E-state index is 11.4. The Hall–Kier alpha value is -2.91. The average molecular weight is 264 g/mol. The van der Waals surface area contributed by atoms with E-state index in [1.54, 1.807) is 7.11 Å². The van der Waals surface area contributed by atoms with Gasteiger partial charge in [0.05, 0.1) is 12.7 Å². The average Bonchev–Trinajstić information content (AvgIpc) is 2.50. The molecule has 0 aliphatic rings. The van der Waals surface area contributed by atoms with Crippen molar-refractivity contribution >= 4 is 16.7 Å². The van der Waals surface area contributed by atoms with Crippen LogP contribution in [0.1, 0.15) is 5.56 Å². The minimum atomic E-state index is -0.655. The van der Waals surface area contributed by atoms with E-state index in [0.29, 0.717) is 11.3 Å². The zero-order valence-electron chi connectivity index (χ0n) is 11.0. The second-order valence-corrected chi connectivity index (χ2v) is 3.89. The number of hydrogen-bond acceptors (Lipinski definition) is 3. The van der Waals surface area contributed by atoms with Crippen LogP contribution in [0.2, 0.25) is 0 Å². The van der Waals surface area contributed by atoms with E-state index >= 15 is 0 Å². The van der Waals surface area contributed by atoms with Gasteiger partial charge in [0.25, 0.3) is 0 Å². The lowest BCUT2D eigenvalue weighted by Gasteiger charge is -2.06. The molecule has 2 rings (SSSR count).